The number of benzene rings is 2. The molecule has 1 atom stereocenters. The van der Waals surface area contributed by atoms with E-state index in [0.29, 0.717) is 10.7 Å². The van der Waals surface area contributed by atoms with Crippen molar-refractivity contribution in [3.63, 3.8) is 0 Å². The Morgan fingerprint density at radius 1 is 1.24 bits per heavy atom. The molecule has 2 aromatic carbocycles. The average molecular weight is 389 g/mol. The number of imide groups is 1. The van der Waals surface area contributed by atoms with Crippen molar-refractivity contribution in [2.75, 3.05) is 4.90 Å². The van der Waals surface area contributed by atoms with Crippen LogP contribution in [-0.2, 0) is 9.59 Å². The second-order valence-corrected chi connectivity index (χ2v) is 8.67. The minimum absolute atomic E-state index is 0.172. The van der Waals surface area contributed by atoms with E-state index in [0.717, 1.165) is 20.1 Å². The number of fused-ring (bicyclic) bond motifs is 1. The summed E-state index contributed by atoms with van der Waals surface area (Å²) < 4.78 is 1.88. The second kappa shape index (κ2) is 6.44. The summed E-state index contributed by atoms with van der Waals surface area (Å²) in [6.07, 6.45) is 0.172. The molecule has 1 aromatic heterocycles. The molecule has 0 radical (unpaired) electrons. The minimum Gasteiger partial charge on any atom is -0.274 e. The van der Waals surface area contributed by atoms with Crippen LogP contribution in [0, 0.1) is 6.92 Å². The molecule has 2 amide bonds. The van der Waals surface area contributed by atoms with Crippen LogP contribution in [0.4, 0.5) is 5.69 Å². The zero-order chi connectivity index (χ0) is 17.6. The normalized spacial score (nSPS) is 17.7. The van der Waals surface area contributed by atoms with Crippen molar-refractivity contribution in [1.82, 2.24) is 4.98 Å². The SMILES string of the molecule is Cc1ccc(Cl)cc1N1C(=O)CC(Sc2nc3ccccc3s2)C1=O. The summed E-state index contributed by atoms with van der Waals surface area (Å²) in [5.74, 6) is -0.409. The Morgan fingerprint density at radius 2 is 2.04 bits per heavy atom. The zero-order valence-corrected chi connectivity index (χ0v) is 15.6. The summed E-state index contributed by atoms with van der Waals surface area (Å²) in [7, 11) is 0. The largest absolute Gasteiger partial charge is 0.274 e. The van der Waals surface area contributed by atoms with Crippen molar-refractivity contribution >= 4 is 62.4 Å². The van der Waals surface area contributed by atoms with E-state index < -0.39 is 5.25 Å². The van der Waals surface area contributed by atoms with E-state index in [2.05, 4.69) is 4.98 Å². The number of hydrogen-bond donors (Lipinski definition) is 0. The Kier molecular flexibility index (Phi) is 4.27. The maximum atomic E-state index is 12.8. The van der Waals surface area contributed by atoms with Gasteiger partial charge in [-0.05, 0) is 36.8 Å². The highest BCUT2D eigenvalue weighted by Gasteiger charge is 2.41. The summed E-state index contributed by atoms with van der Waals surface area (Å²) in [5, 5.41) is 0.0509. The summed E-state index contributed by atoms with van der Waals surface area (Å²) in [5.41, 5.74) is 2.32. The number of anilines is 1. The van der Waals surface area contributed by atoms with Gasteiger partial charge >= 0.3 is 0 Å². The lowest BCUT2D eigenvalue weighted by Crippen LogP contribution is -2.31. The van der Waals surface area contributed by atoms with Crippen LogP contribution < -0.4 is 4.90 Å². The molecule has 1 fully saturated rings. The van der Waals surface area contributed by atoms with E-state index in [9.17, 15) is 9.59 Å². The smallest absolute Gasteiger partial charge is 0.247 e. The van der Waals surface area contributed by atoms with Gasteiger partial charge in [0, 0.05) is 11.4 Å². The topological polar surface area (TPSA) is 50.3 Å². The molecular formula is C18H13ClN2O2S2. The van der Waals surface area contributed by atoms with Crippen LogP contribution in [0.15, 0.2) is 46.8 Å². The van der Waals surface area contributed by atoms with Crippen LogP contribution in [0.25, 0.3) is 10.2 Å². The average Bonchev–Trinajstić information content (AvgIpc) is 3.11. The molecule has 0 saturated carbocycles. The van der Waals surface area contributed by atoms with Crippen LogP contribution >= 0.6 is 34.7 Å². The first-order valence-corrected chi connectivity index (χ1v) is 9.75. The van der Waals surface area contributed by atoms with Gasteiger partial charge in [0.05, 0.1) is 15.9 Å². The van der Waals surface area contributed by atoms with Crippen molar-refractivity contribution in [2.24, 2.45) is 0 Å². The van der Waals surface area contributed by atoms with E-state index in [1.165, 1.54) is 28.0 Å². The third-order valence-electron chi connectivity index (χ3n) is 4.03. The van der Waals surface area contributed by atoms with Crippen molar-refractivity contribution in [1.29, 1.82) is 0 Å². The number of halogens is 1. The summed E-state index contributed by atoms with van der Waals surface area (Å²) in [6.45, 7) is 1.86. The molecule has 0 aliphatic carbocycles. The Balaban J connectivity index is 1.61. The highest BCUT2D eigenvalue weighted by molar-refractivity contribution is 8.02. The van der Waals surface area contributed by atoms with E-state index in [1.807, 2.05) is 37.3 Å². The van der Waals surface area contributed by atoms with Gasteiger partial charge in [-0.3, -0.25) is 9.59 Å². The number of rotatable bonds is 3. The lowest BCUT2D eigenvalue weighted by molar-refractivity contribution is -0.121. The van der Waals surface area contributed by atoms with Gasteiger partial charge in [-0.2, -0.15) is 0 Å². The predicted octanol–water partition coefficient (Wildman–Crippen LogP) is 4.68. The van der Waals surface area contributed by atoms with Gasteiger partial charge in [0.25, 0.3) is 0 Å². The van der Waals surface area contributed by atoms with E-state index >= 15 is 0 Å². The molecule has 0 spiro atoms. The quantitative estimate of drug-likeness (QED) is 0.611. The molecule has 4 nitrogen and oxygen atoms in total. The highest BCUT2D eigenvalue weighted by atomic mass is 35.5. The summed E-state index contributed by atoms with van der Waals surface area (Å²) in [4.78, 5) is 31.1. The van der Waals surface area contributed by atoms with Crippen molar-refractivity contribution in [2.45, 2.75) is 22.9 Å². The lowest BCUT2D eigenvalue weighted by Gasteiger charge is -2.17. The third-order valence-corrected chi connectivity index (χ3v) is 6.59. The fourth-order valence-electron chi connectivity index (χ4n) is 2.80. The third kappa shape index (κ3) is 3.05. The van der Waals surface area contributed by atoms with Gasteiger partial charge in [0.15, 0.2) is 4.34 Å². The van der Waals surface area contributed by atoms with Crippen LogP contribution in [-0.4, -0.2) is 22.0 Å². The van der Waals surface area contributed by atoms with Crippen LogP contribution in [0.5, 0.6) is 0 Å². The molecular weight excluding hydrogens is 376 g/mol. The molecule has 3 aromatic rings. The molecule has 0 N–H and O–H groups in total. The van der Waals surface area contributed by atoms with E-state index in [4.69, 9.17) is 11.6 Å². The molecule has 25 heavy (non-hydrogen) atoms. The molecule has 1 unspecified atom stereocenters. The summed E-state index contributed by atoms with van der Waals surface area (Å²) >= 11 is 8.94. The van der Waals surface area contributed by atoms with Crippen LogP contribution in [0.1, 0.15) is 12.0 Å². The minimum atomic E-state index is -0.452. The molecule has 4 rings (SSSR count). The predicted molar refractivity (Wildman–Crippen MR) is 103 cm³/mol. The molecule has 2 heterocycles. The standard InChI is InChI=1S/C18H13ClN2O2S2/c1-10-6-7-11(19)8-13(10)21-16(22)9-15(17(21)23)25-18-20-12-4-2-3-5-14(12)24-18/h2-8,15H,9H2,1H3. The molecule has 1 saturated heterocycles. The fourth-order valence-corrected chi connectivity index (χ4v) is 5.30. The Labute approximate surface area is 157 Å². The van der Waals surface area contributed by atoms with Gasteiger partial charge in [0.2, 0.25) is 11.8 Å². The zero-order valence-electron chi connectivity index (χ0n) is 13.2. The number of nitrogens with zero attached hydrogens (tertiary/aromatic N) is 2. The molecule has 0 bridgehead atoms. The number of para-hydroxylation sites is 1. The Hall–Kier alpha value is -1.89. The maximum absolute atomic E-state index is 12.8. The van der Waals surface area contributed by atoms with Crippen LogP contribution in [0.2, 0.25) is 5.02 Å². The molecule has 126 valence electrons. The van der Waals surface area contributed by atoms with Gasteiger partial charge in [0.1, 0.15) is 5.25 Å². The van der Waals surface area contributed by atoms with E-state index in [1.54, 1.807) is 12.1 Å². The number of carbonyl (C=O) groups excluding carboxylic acids is 2. The number of thioether (sulfide) groups is 1. The number of carbonyl (C=O) groups is 2. The van der Waals surface area contributed by atoms with Crippen molar-refractivity contribution in [3.05, 3.63) is 53.1 Å². The summed E-state index contributed by atoms with van der Waals surface area (Å²) in [6, 6.07) is 13.1. The van der Waals surface area contributed by atoms with Crippen molar-refractivity contribution < 1.29 is 9.59 Å². The highest BCUT2D eigenvalue weighted by Crippen LogP contribution is 2.38. The number of amides is 2. The molecule has 1 aliphatic rings. The lowest BCUT2D eigenvalue weighted by atomic mass is 10.2. The second-order valence-electron chi connectivity index (χ2n) is 5.76. The van der Waals surface area contributed by atoms with Gasteiger partial charge in [-0.25, -0.2) is 9.88 Å². The first-order chi connectivity index (χ1) is 12.0. The van der Waals surface area contributed by atoms with E-state index in [-0.39, 0.29) is 18.2 Å². The van der Waals surface area contributed by atoms with Gasteiger partial charge in [-0.1, -0.05) is 41.6 Å². The van der Waals surface area contributed by atoms with Gasteiger partial charge in [-0.15, -0.1) is 11.3 Å². The molecule has 1 aliphatic heterocycles. The number of thiazole rings is 1. The fraction of sp³-hybridized carbons (Fsp3) is 0.167. The first kappa shape index (κ1) is 16.6. The number of aryl methyl sites for hydroxylation is 1. The number of hydrogen-bond acceptors (Lipinski definition) is 5. The first-order valence-electron chi connectivity index (χ1n) is 7.68. The Morgan fingerprint density at radius 3 is 2.84 bits per heavy atom. The monoisotopic (exact) mass is 388 g/mol. The number of aromatic nitrogens is 1. The maximum Gasteiger partial charge on any atom is 0.247 e. The Bertz CT molecular complexity index is 969. The van der Waals surface area contributed by atoms with Gasteiger partial charge < -0.3 is 0 Å². The van der Waals surface area contributed by atoms with Crippen LogP contribution in [0.3, 0.4) is 0 Å². The molecule has 7 heteroatoms. The van der Waals surface area contributed by atoms with Crippen molar-refractivity contribution in [3.8, 4) is 0 Å².